The molecule has 1 aromatic rings. The zero-order chi connectivity index (χ0) is 12.5. The monoisotopic (exact) mass is 279 g/mol. The van der Waals surface area contributed by atoms with Crippen LogP contribution in [0.3, 0.4) is 0 Å². The van der Waals surface area contributed by atoms with Gasteiger partial charge in [0.05, 0.1) is 11.1 Å². The van der Waals surface area contributed by atoms with Gasteiger partial charge in [-0.1, -0.05) is 7.43 Å². The van der Waals surface area contributed by atoms with E-state index in [0.717, 1.165) is 12.1 Å². The third-order valence-corrected chi connectivity index (χ3v) is 2.65. The first-order valence-electron chi connectivity index (χ1n) is 3.81. The van der Waals surface area contributed by atoms with Gasteiger partial charge in [0, 0.05) is 0 Å². The molecule has 0 aliphatic heterocycles. The number of carboxylic acids is 2. The molecule has 1 rings (SSSR count). The van der Waals surface area contributed by atoms with Gasteiger partial charge in [0.15, 0.2) is 0 Å². The van der Waals surface area contributed by atoms with Gasteiger partial charge in [-0.05, 0) is 18.2 Å². The lowest BCUT2D eigenvalue weighted by molar-refractivity contribution is 0.0692. The van der Waals surface area contributed by atoms with Crippen LogP contribution in [-0.2, 0) is 10.1 Å². The minimum absolute atomic E-state index is 0. The number of rotatable bonds is 3. The van der Waals surface area contributed by atoms with Crippen LogP contribution in [0, 0.1) is 0 Å². The smallest absolute Gasteiger partial charge is 0.337 e. The van der Waals surface area contributed by atoms with Crippen LogP contribution in [0.4, 0.5) is 0 Å². The van der Waals surface area contributed by atoms with Crippen molar-refractivity contribution in [2.45, 2.75) is 12.3 Å². The van der Waals surface area contributed by atoms with Crippen LogP contribution in [0.5, 0.6) is 0 Å². The van der Waals surface area contributed by atoms with Gasteiger partial charge in [0.2, 0.25) is 0 Å². The molecule has 0 unspecified atom stereocenters. The molecule has 102 valence electrons. The highest BCUT2D eigenvalue weighted by Crippen LogP contribution is 2.17. The molecule has 6 N–H and O–H groups in total. The Balaban J connectivity index is 0. The highest BCUT2D eigenvalue weighted by Gasteiger charge is 2.21. The number of carboxylic acid groups (broad SMARTS) is 2. The number of benzene rings is 1. The zero-order valence-electron chi connectivity index (χ0n) is 8.32. The average Bonchev–Trinajstić information content (AvgIpc) is 2.15. The lowest BCUT2D eigenvalue weighted by atomic mass is 10.1. The molecule has 1 aromatic carbocycles. The van der Waals surface area contributed by atoms with Gasteiger partial charge in [-0.3, -0.25) is 4.55 Å². The Kier molecular flexibility index (Phi) is 6.23. The van der Waals surface area contributed by atoms with Gasteiger partial charge in [-0.2, -0.15) is 8.42 Å². The maximum atomic E-state index is 10.8. The van der Waals surface area contributed by atoms with Gasteiger partial charge < -0.3 is 16.4 Å². The molecule has 8 nitrogen and oxygen atoms in total. The Labute approximate surface area is 103 Å². The average molecular weight is 279 g/mol. The highest BCUT2D eigenvalue weighted by atomic mass is 32.2. The Morgan fingerprint density at radius 3 is 1.89 bits per heavy atom. The second kappa shape index (κ2) is 6.10. The van der Waals surface area contributed by atoms with Gasteiger partial charge >= 0.3 is 11.9 Å². The summed E-state index contributed by atoms with van der Waals surface area (Å²) in [5, 5.41) is 17.2. The molecule has 0 spiro atoms. The van der Waals surface area contributed by atoms with Crippen molar-refractivity contribution in [1.82, 2.24) is 6.15 Å². The Morgan fingerprint density at radius 1 is 1.06 bits per heavy atom. The molecule has 0 saturated heterocycles. The summed E-state index contributed by atoms with van der Waals surface area (Å²) in [5.74, 6) is -3.04. The van der Waals surface area contributed by atoms with Crippen LogP contribution < -0.4 is 6.15 Å². The first-order valence-corrected chi connectivity index (χ1v) is 5.25. The van der Waals surface area contributed by atoms with E-state index < -0.39 is 32.5 Å². The third kappa shape index (κ3) is 3.80. The van der Waals surface area contributed by atoms with Crippen LogP contribution in [0.1, 0.15) is 28.1 Å². The zero-order valence-corrected chi connectivity index (χ0v) is 9.14. The summed E-state index contributed by atoms with van der Waals surface area (Å²) < 4.78 is 30.3. The summed E-state index contributed by atoms with van der Waals surface area (Å²) >= 11 is 0. The van der Waals surface area contributed by atoms with Crippen molar-refractivity contribution in [1.29, 1.82) is 0 Å². The Hall–Kier alpha value is -1.97. The number of aromatic carboxylic acids is 2. The summed E-state index contributed by atoms with van der Waals surface area (Å²) in [5.41, 5.74) is -1.17. The van der Waals surface area contributed by atoms with Crippen LogP contribution in [0.25, 0.3) is 0 Å². The minimum Gasteiger partial charge on any atom is -0.478 e. The fraction of sp³-hybridized carbons (Fsp3) is 0.111. The fourth-order valence-corrected chi connectivity index (χ4v) is 1.72. The topological polar surface area (TPSA) is 164 Å². The maximum absolute atomic E-state index is 10.8. The van der Waals surface area contributed by atoms with Crippen LogP contribution in [-0.4, -0.2) is 35.1 Å². The molecular weight excluding hydrogens is 266 g/mol. The lowest BCUT2D eigenvalue weighted by Gasteiger charge is -2.03. The summed E-state index contributed by atoms with van der Waals surface area (Å²) in [4.78, 5) is 20.4. The van der Waals surface area contributed by atoms with Crippen molar-refractivity contribution in [3.8, 4) is 0 Å². The maximum Gasteiger partial charge on any atom is 0.337 e. The first kappa shape index (κ1) is 18.4. The Bertz CT molecular complexity index is 564. The normalized spacial score (nSPS) is 9.83. The van der Waals surface area contributed by atoms with E-state index in [1.54, 1.807) is 0 Å². The fourth-order valence-electron chi connectivity index (χ4n) is 1.06. The SMILES string of the molecule is C.N.O=C(O)c1ccc(S(=O)(=O)O)c(C(=O)O)c1. The number of hydrogen-bond acceptors (Lipinski definition) is 5. The molecule has 0 heterocycles. The van der Waals surface area contributed by atoms with Crippen molar-refractivity contribution < 1.29 is 32.8 Å². The second-order valence-electron chi connectivity index (χ2n) is 2.80. The second-order valence-corrected chi connectivity index (χ2v) is 4.19. The number of hydrogen-bond donors (Lipinski definition) is 4. The molecule has 0 radical (unpaired) electrons. The molecule has 0 saturated carbocycles. The molecule has 0 bridgehead atoms. The van der Waals surface area contributed by atoms with Crippen molar-refractivity contribution in [2.24, 2.45) is 0 Å². The van der Waals surface area contributed by atoms with Gasteiger partial charge in [0.1, 0.15) is 4.90 Å². The van der Waals surface area contributed by atoms with E-state index in [1.807, 2.05) is 0 Å². The van der Waals surface area contributed by atoms with E-state index in [0.29, 0.717) is 6.07 Å². The molecular formula is C9H13NO7S. The third-order valence-electron chi connectivity index (χ3n) is 1.73. The predicted octanol–water partition coefficient (Wildman–Crippen LogP) is 1.13. The molecule has 0 aliphatic rings. The molecule has 0 aromatic heterocycles. The summed E-state index contributed by atoms with van der Waals surface area (Å²) in [6.07, 6.45) is 0. The molecule has 0 aliphatic carbocycles. The van der Waals surface area contributed by atoms with E-state index in [2.05, 4.69) is 0 Å². The van der Waals surface area contributed by atoms with Crippen LogP contribution in [0.2, 0.25) is 0 Å². The molecule has 0 amide bonds. The molecule has 18 heavy (non-hydrogen) atoms. The predicted molar refractivity (Wildman–Crippen MR) is 61.9 cm³/mol. The summed E-state index contributed by atoms with van der Waals surface area (Å²) in [6, 6.07) is 2.27. The molecule has 0 fully saturated rings. The summed E-state index contributed by atoms with van der Waals surface area (Å²) in [7, 11) is -4.69. The van der Waals surface area contributed by atoms with E-state index >= 15 is 0 Å². The van der Waals surface area contributed by atoms with E-state index in [4.69, 9.17) is 14.8 Å². The van der Waals surface area contributed by atoms with E-state index in [1.165, 1.54) is 0 Å². The molecule has 0 atom stereocenters. The van der Waals surface area contributed by atoms with Crippen molar-refractivity contribution in [3.63, 3.8) is 0 Å². The largest absolute Gasteiger partial charge is 0.478 e. The summed E-state index contributed by atoms with van der Waals surface area (Å²) in [6.45, 7) is 0. The first-order chi connectivity index (χ1) is 7.23. The van der Waals surface area contributed by atoms with E-state index in [-0.39, 0.29) is 19.1 Å². The minimum atomic E-state index is -4.69. The van der Waals surface area contributed by atoms with Gasteiger partial charge in [0.25, 0.3) is 10.1 Å². The van der Waals surface area contributed by atoms with Crippen molar-refractivity contribution in [2.75, 3.05) is 0 Å². The van der Waals surface area contributed by atoms with Gasteiger partial charge in [-0.15, -0.1) is 0 Å². The molecule has 9 heteroatoms. The van der Waals surface area contributed by atoms with E-state index in [9.17, 15) is 18.0 Å². The van der Waals surface area contributed by atoms with Crippen LogP contribution >= 0.6 is 0 Å². The van der Waals surface area contributed by atoms with Crippen molar-refractivity contribution >= 4 is 22.1 Å². The Morgan fingerprint density at radius 2 is 1.56 bits per heavy atom. The lowest BCUT2D eigenvalue weighted by Crippen LogP contribution is -2.10. The van der Waals surface area contributed by atoms with Crippen molar-refractivity contribution in [3.05, 3.63) is 29.3 Å². The quantitative estimate of drug-likeness (QED) is 0.597. The highest BCUT2D eigenvalue weighted by molar-refractivity contribution is 7.86. The number of carbonyl (C=O) groups is 2. The van der Waals surface area contributed by atoms with Crippen LogP contribution in [0.15, 0.2) is 23.1 Å². The standard InChI is InChI=1S/C8H6O7S.CH4.H3N/c9-7(10)4-1-2-6(16(13,14)15)5(3-4)8(11)12;;/h1-3H,(H,9,10)(H,11,12)(H,13,14,15);1H4;1H3. The van der Waals surface area contributed by atoms with Gasteiger partial charge in [-0.25, -0.2) is 9.59 Å².